The van der Waals surface area contributed by atoms with E-state index in [2.05, 4.69) is 19.5 Å². The molecule has 4 nitrogen and oxygen atoms in total. The summed E-state index contributed by atoms with van der Waals surface area (Å²) in [5, 5.41) is 1.07. The maximum atomic E-state index is 5.99. The van der Waals surface area contributed by atoms with Gasteiger partial charge in [0, 0.05) is 17.3 Å². The molecule has 3 rings (SSSR count). The van der Waals surface area contributed by atoms with Gasteiger partial charge in [-0.1, -0.05) is 0 Å². The van der Waals surface area contributed by atoms with E-state index in [-0.39, 0.29) is 0 Å². The van der Waals surface area contributed by atoms with Crippen LogP contribution in [0.3, 0.4) is 0 Å². The van der Waals surface area contributed by atoms with Gasteiger partial charge >= 0.3 is 0 Å². The number of halogens is 1. The Morgan fingerprint density at radius 1 is 1.26 bits per heavy atom. The van der Waals surface area contributed by atoms with Gasteiger partial charge in [-0.3, -0.25) is 0 Å². The average molecular weight is 293 g/mol. The third kappa shape index (κ3) is 2.35. The summed E-state index contributed by atoms with van der Waals surface area (Å²) >= 11 is 7.68. The second-order valence-corrected chi connectivity index (χ2v) is 6.04. The monoisotopic (exact) mass is 292 g/mol. The summed E-state index contributed by atoms with van der Waals surface area (Å²) in [4.78, 5) is 14.5. The summed E-state index contributed by atoms with van der Waals surface area (Å²) in [7, 11) is 0. The quantitative estimate of drug-likeness (QED) is 0.696. The van der Waals surface area contributed by atoms with Gasteiger partial charge in [-0.15, -0.1) is 22.9 Å². The number of alkyl halides is 1. The van der Waals surface area contributed by atoms with Gasteiger partial charge in [0.1, 0.15) is 11.3 Å². The second kappa shape index (κ2) is 4.90. The first kappa shape index (κ1) is 12.6. The molecule has 3 heterocycles. The topological polar surface area (TPSA) is 43.6 Å². The van der Waals surface area contributed by atoms with Crippen LogP contribution >= 0.6 is 22.9 Å². The van der Waals surface area contributed by atoms with Gasteiger partial charge in [-0.2, -0.15) is 0 Å². The summed E-state index contributed by atoms with van der Waals surface area (Å²) in [6.45, 7) is 4.74. The highest BCUT2D eigenvalue weighted by Crippen LogP contribution is 2.20. The third-order valence-corrected chi connectivity index (χ3v) is 4.04. The zero-order valence-electron chi connectivity index (χ0n) is 10.7. The number of nitrogens with zero attached hydrogens (tertiary/aromatic N) is 4. The molecule has 0 fully saturated rings. The van der Waals surface area contributed by atoms with Crippen LogP contribution in [0.5, 0.6) is 0 Å². The number of thiazole rings is 1. The predicted octanol–water partition coefficient (Wildman–Crippen LogP) is 3.29. The Balaban J connectivity index is 2.10. The molecule has 0 radical (unpaired) electrons. The lowest BCUT2D eigenvalue weighted by atomic mass is 10.3. The minimum atomic E-state index is 0.382. The van der Waals surface area contributed by atoms with E-state index in [1.54, 1.807) is 11.3 Å². The number of aryl methyl sites for hydroxylation is 2. The smallest absolute Gasteiger partial charge is 0.160 e. The molecule has 0 aliphatic heterocycles. The molecule has 6 heteroatoms. The van der Waals surface area contributed by atoms with Crippen molar-refractivity contribution < 1.29 is 0 Å². The fourth-order valence-electron chi connectivity index (χ4n) is 2.06. The Hall–Kier alpha value is -1.46. The van der Waals surface area contributed by atoms with Crippen LogP contribution in [0.2, 0.25) is 0 Å². The Morgan fingerprint density at radius 2 is 2.11 bits per heavy atom. The second-order valence-electron chi connectivity index (χ2n) is 4.45. The van der Waals surface area contributed by atoms with Crippen molar-refractivity contribution >= 4 is 34.1 Å². The lowest BCUT2D eigenvalue weighted by Gasteiger charge is -2.04. The Morgan fingerprint density at radius 3 is 2.79 bits per heavy atom. The fraction of sp³-hybridized carbons (Fsp3) is 0.308. The molecule has 19 heavy (non-hydrogen) atoms. The highest BCUT2D eigenvalue weighted by Gasteiger charge is 2.12. The van der Waals surface area contributed by atoms with Crippen LogP contribution in [-0.2, 0) is 12.4 Å². The van der Waals surface area contributed by atoms with Gasteiger partial charge in [0.25, 0.3) is 0 Å². The van der Waals surface area contributed by atoms with Crippen LogP contribution < -0.4 is 0 Å². The molecule has 98 valence electrons. The maximum absolute atomic E-state index is 5.99. The highest BCUT2D eigenvalue weighted by molar-refractivity contribution is 7.11. The molecule has 0 aliphatic carbocycles. The van der Waals surface area contributed by atoms with Crippen LogP contribution in [0, 0.1) is 13.8 Å². The molecule has 0 bridgehead atoms. The van der Waals surface area contributed by atoms with E-state index in [0.29, 0.717) is 5.88 Å². The van der Waals surface area contributed by atoms with Gasteiger partial charge in [-0.05, 0) is 25.5 Å². The first-order valence-electron chi connectivity index (χ1n) is 5.96. The van der Waals surface area contributed by atoms with E-state index in [1.807, 2.05) is 32.3 Å². The van der Waals surface area contributed by atoms with Gasteiger partial charge in [-0.25, -0.2) is 15.0 Å². The molecule has 0 saturated carbocycles. The number of pyridine rings is 1. The molecule has 0 aliphatic rings. The van der Waals surface area contributed by atoms with Crippen molar-refractivity contribution in [1.29, 1.82) is 0 Å². The van der Waals surface area contributed by atoms with E-state index >= 15 is 0 Å². The number of aromatic nitrogens is 4. The maximum Gasteiger partial charge on any atom is 0.160 e. The Kier molecular flexibility index (Phi) is 3.24. The molecule has 0 N–H and O–H groups in total. The molecule has 0 unspecified atom stereocenters. The van der Waals surface area contributed by atoms with E-state index in [9.17, 15) is 0 Å². The molecule has 0 spiro atoms. The summed E-state index contributed by atoms with van der Waals surface area (Å²) in [6, 6.07) is 2.03. The molecule has 0 aromatic carbocycles. The molecule has 3 aromatic rings. The number of hydrogen-bond acceptors (Lipinski definition) is 4. The SMILES string of the molecule is Cc1cnc2c(c1)nc(CCl)n2Cc1cnc(C)s1. The van der Waals surface area contributed by atoms with E-state index < -0.39 is 0 Å². The highest BCUT2D eigenvalue weighted by atomic mass is 35.5. The van der Waals surface area contributed by atoms with E-state index in [4.69, 9.17) is 11.6 Å². The zero-order valence-corrected chi connectivity index (χ0v) is 12.3. The fourth-order valence-corrected chi connectivity index (χ4v) is 3.05. The molecule has 0 amide bonds. The first-order chi connectivity index (χ1) is 9.17. The largest absolute Gasteiger partial charge is 0.306 e. The number of imidazole rings is 1. The Bertz CT molecular complexity index is 731. The van der Waals surface area contributed by atoms with Crippen LogP contribution in [0.4, 0.5) is 0 Å². The van der Waals surface area contributed by atoms with Gasteiger partial charge in [0.2, 0.25) is 0 Å². The van der Waals surface area contributed by atoms with Gasteiger partial charge < -0.3 is 4.57 Å². The molecular weight excluding hydrogens is 280 g/mol. The number of rotatable bonds is 3. The molecule has 3 aromatic heterocycles. The lowest BCUT2D eigenvalue weighted by Crippen LogP contribution is -2.03. The van der Waals surface area contributed by atoms with Crippen LogP contribution in [-0.4, -0.2) is 19.5 Å². The summed E-state index contributed by atoms with van der Waals surface area (Å²) < 4.78 is 2.06. The molecular formula is C13H13ClN4S. The van der Waals surface area contributed by atoms with E-state index in [1.165, 1.54) is 4.88 Å². The van der Waals surface area contributed by atoms with Crippen LogP contribution in [0.25, 0.3) is 11.2 Å². The predicted molar refractivity (Wildman–Crippen MR) is 77.8 cm³/mol. The summed E-state index contributed by atoms with van der Waals surface area (Å²) in [5.74, 6) is 1.23. The van der Waals surface area contributed by atoms with Crippen molar-refractivity contribution in [3.63, 3.8) is 0 Å². The number of hydrogen-bond donors (Lipinski definition) is 0. The minimum Gasteiger partial charge on any atom is -0.306 e. The third-order valence-electron chi connectivity index (χ3n) is 2.90. The zero-order chi connectivity index (χ0) is 13.4. The number of fused-ring (bicyclic) bond motifs is 1. The van der Waals surface area contributed by atoms with E-state index in [0.717, 1.165) is 34.1 Å². The standard InChI is InChI=1S/C13H13ClN4S/c1-8-3-11-13(16-5-8)18(12(4-14)17-11)7-10-6-15-9(2)19-10/h3,5-6H,4,7H2,1-2H3. The molecule has 0 saturated heterocycles. The van der Waals surface area contributed by atoms with Crippen LogP contribution in [0.15, 0.2) is 18.5 Å². The van der Waals surface area contributed by atoms with Crippen molar-refractivity contribution in [2.75, 3.05) is 0 Å². The minimum absolute atomic E-state index is 0.382. The summed E-state index contributed by atoms with van der Waals surface area (Å²) in [6.07, 6.45) is 3.76. The molecule has 0 atom stereocenters. The van der Waals surface area contributed by atoms with Crippen molar-refractivity contribution in [1.82, 2.24) is 19.5 Å². The van der Waals surface area contributed by atoms with Crippen LogP contribution in [0.1, 0.15) is 21.3 Å². The first-order valence-corrected chi connectivity index (χ1v) is 7.31. The van der Waals surface area contributed by atoms with Gasteiger partial charge in [0.05, 0.1) is 17.4 Å². The van der Waals surface area contributed by atoms with Crippen molar-refractivity contribution in [2.45, 2.75) is 26.3 Å². The van der Waals surface area contributed by atoms with Crippen molar-refractivity contribution in [3.8, 4) is 0 Å². The van der Waals surface area contributed by atoms with Crippen molar-refractivity contribution in [2.24, 2.45) is 0 Å². The summed E-state index contributed by atoms with van der Waals surface area (Å²) in [5.41, 5.74) is 2.89. The lowest BCUT2D eigenvalue weighted by molar-refractivity contribution is 0.779. The normalized spacial score (nSPS) is 11.3. The van der Waals surface area contributed by atoms with Gasteiger partial charge in [0.15, 0.2) is 5.65 Å². The average Bonchev–Trinajstić information content (AvgIpc) is 2.94. The van der Waals surface area contributed by atoms with Crippen molar-refractivity contribution in [3.05, 3.63) is 39.7 Å². The Labute approximate surface area is 120 Å².